The summed E-state index contributed by atoms with van der Waals surface area (Å²) < 4.78 is 5.76. The van der Waals surface area contributed by atoms with Crippen molar-refractivity contribution in [2.75, 3.05) is 6.61 Å². The maximum Gasteiger partial charge on any atom is 0.410 e. The predicted molar refractivity (Wildman–Crippen MR) is 114 cm³/mol. The summed E-state index contributed by atoms with van der Waals surface area (Å²) in [5.41, 5.74) is 4.59. The van der Waals surface area contributed by atoms with Crippen LogP contribution in [0.5, 0.6) is 0 Å². The summed E-state index contributed by atoms with van der Waals surface area (Å²) in [6, 6.07) is 16.1. The van der Waals surface area contributed by atoms with Gasteiger partial charge in [-0.1, -0.05) is 55.5 Å². The summed E-state index contributed by atoms with van der Waals surface area (Å²) in [6.07, 6.45) is 0.181. The Morgan fingerprint density at radius 2 is 1.71 bits per heavy atom. The number of H-pyrrole nitrogens is 1. The lowest BCUT2D eigenvalue weighted by Crippen LogP contribution is -2.39. The fourth-order valence-electron chi connectivity index (χ4n) is 3.99. The first-order chi connectivity index (χ1) is 15.0. The molecule has 2 aromatic carbocycles. The highest BCUT2D eigenvalue weighted by Crippen LogP contribution is 2.44. The Bertz CT molecular complexity index is 1060. The third kappa shape index (κ3) is 3.88. The van der Waals surface area contributed by atoms with Gasteiger partial charge in [-0.3, -0.25) is 4.90 Å². The highest BCUT2D eigenvalue weighted by Gasteiger charge is 2.31. The minimum Gasteiger partial charge on any atom is -0.476 e. The minimum atomic E-state index is -1.19. The van der Waals surface area contributed by atoms with Crippen molar-refractivity contribution in [3.8, 4) is 11.1 Å². The van der Waals surface area contributed by atoms with E-state index in [0.29, 0.717) is 6.42 Å². The van der Waals surface area contributed by atoms with Gasteiger partial charge in [0.15, 0.2) is 5.69 Å². The molecule has 8 nitrogen and oxygen atoms in total. The van der Waals surface area contributed by atoms with E-state index >= 15 is 0 Å². The molecule has 1 amide bonds. The molecule has 2 N–H and O–H groups in total. The lowest BCUT2D eigenvalue weighted by atomic mass is 9.98. The summed E-state index contributed by atoms with van der Waals surface area (Å²) in [7, 11) is 0. The third-order valence-corrected chi connectivity index (χ3v) is 5.84. The van der Waals surface area contributed by atoms with Crippen LogP contribution in [0.4, 0.5) is 4.79 Å². The molecule has 1 aromatic heterocycles. The first-order valence-corrected chi connectivity index (χ1v) is 10.3. The maximum absolute atomic E-state index is 13.0. The molecule has 1 aliphatic rings. The number of aromatic amines is 1. The molecular formula is C23H24N4O4. The van der Waals surface area contributed by atoms with Gasteiger partial charge < -0.3 is 9.84 Å². The zero-order chi connectivity index (χ0) is 22.0. The van der Waals surface area contributed by atoms with Crippen molar-refractivity contribution in [3.05, 3.63) is 71.0 Å². The predicted octanol–water partition coefficient (Wildman–Crippen LogP) is 4.05. The van der Waals surface area contributed by atoms with Crippen LogP contribution in [-0.4, -0.2) is 50.1 Å². The quantitative estimate of drug-likeness (QED) is 0.597. The van der Waals surface area contributed by atoms with Gasteiger partial charge in [0.1, 0.15) is 12.3 Å². The van der Waals surface area contributed by atoms with Crippen LogP contribution >= 0.6 is 0 Å². The first kappa shape index (κ1) is 20.6. The van der Waals surface area contributed by atoms with Gasteiger partial charge in [0.25, 0.3) is 0 Å². The molecule has 1 aliphatic carbocycles. The van der Waals surface area contributed by atoms with E-state index in [1.54, 1.807) is 0 Å². The number of nitrogens with one attached hydrogen (secondary N) is 1. The smallest absolute Gasteiger partial charge is 0.410 e. The van der Waals surface area contributed by atoms with Crippen LogP contribution in [0.25, 0.3) is 11.1 Å². The molecule has 0 radical (unpaired) electrons. The van der Waals surface area contributed by atoms with Gasteiger partial charge in [-0.05, 0) is 35.6 Å². The third-order valence-electron chi connectivity index (χ3n) is 5.84. The van der Waals surface area contributed by atoms with Crippen molar-refractivity contribution in [2.45, 2.75) is 38.8 Å². The van der Waals surface area contributed by atoms with E-state index in [-0.39, 0.29) is 36.5 Å². The summed E-state index contributed by atoms with van der Waals surface area (Å²) in [5.74, 6) is -1.24. The number of ether oxygens (including phenoxy) is 1. The summed E-state index contributed by atoms with van der Waals surface area (Å²) in [5, 5.41) is 19.2. The molecule has 1 unspecified atom stereocenters. The molecule has 0 saturated heterocycles. The molecule has 1 heterocycles. The number of amides is 1. The summed E-state index contributed by atoms with van der Waals surface area (Å²) >= 11 is 0. The number of rotatable bonds is 7. The van der Waals surface area contributed by atoms with Crippen LogP contribution in [-0.2, 0) is 11.3 Å². The number of carbonyl (C=O) groups is 2. The van der Waals surface area contributed by atoms with Crippen molar-refractivity contribution in [1.29, 1.82) is 0 Å². The van der Waals surface area contributed by atoms with Crippen molar-refractivity contribution in [1.82, 2.24) is 20.3 Å². The molecule has 0 fully saturated rings. The van der Waals surface area contributed by atoms with Gasteiger partial charge in [-0.15, -0.1) is 5.10 Å². The Kier molecular flexibility index (Phi) is 5.70. The van der Waals surface area contributed by atoms with Gasteiger partial charge in [-0.2, -0.15) is 10.3 Å². The van der Waals surface area contributed by atoms with Gasteiger partial charge in [0.05, 0.1) is 6.54 Å². The Morgan fingerprint density at radius 1 is 1.10 bits per heavy atom. The molecule has 8 heteroatoms. The average molecular weight is 420 g/mol. The highest BCUT2D eigenvalue weighted by atomic mass is 16.6. The molecule has 0 saturated carbocycles. The average Bonchev–Trinajstić information content (AvgIpc) is 3.38. The van der Waals surface area contributed by atoms with Crippen LogP contribution in [0.1, 0.15) is 53.5 Å². The number of aromatic carboxylic acids is 1. The number of nitrogens with zero attached hydrogens (tertiary/aromatic N) is 3. The normalized spacial score (nSPS) is 13.4. The molecule has 0 bridgehead atoms. The second kappa shape index (κ2) is 8.59. The van der Waals surface area contributed by atoms with Crippen molar-refractivity contribution in [2.24, 2.45) is 0 Å². The molecule has 4 rings (SSSR count). The fraction of sp³-hybridized carbons (Fsp3) is 0.304. The molecule has 1 atom stereocenters. The van der Waals surface area contributed by atoms with E-state index in [1.165, 1.54) is 4.90 Å². The molecule has 160 valence electrons. The van der Waals surface area contributed by atoms with E-state index in [0.717, 1.165) is 22.3 Å². The minimum absolute atomic E-state index is 0.00378. The van der Waals surface area contributed by atoms with E-state index in [4.69, 9.17) is 4.74 Å². The molecule has 3 aromatic rings. The number of hydrogen-bond acceptors (Lipinski definition) is 5. The number of benzene rings is 2. The van der Waals surface area contributed by atoms with Crippen LogP contribution in [0.2, 0.25) is 0 Å². The largest absolute Gasteiger partial charge is 0.476 e. The highest BCUT2D eigenvalue weighted by molar-refractivity contribution is 5.86. The van der Waals surface area contributed by atoms with Gasteiger partial charge in [-0.25, -0.2) is 9.59 Å². The Labute approximate surface area is 179 Å². The standard InChI is InChI=1S/C23H24N4O4/c1-3-14(2)27(12-20-21(22(28)29)25-26-24-20)23(30)31-13-19-17-10-6-4-8-15(17)16-9-5-7-11-18(16)19/h4-11,14,19H,3,12-13H2,1-2H3,(H,28,29)(H,24,25,26). The topological polar surface area (TPSA) is 108 Å². The summed E-state index contributed by atoms with van der Waals surface area (Å²) in [6.45, 7) is 4.05. The lowest BCUT2D eigenvalue weighted by molar-refractivity contribution is 0.0677. The first-order valence-electron chi connectivity index (χ1n) is 10.3. The number of carbonyl (C=O) groups excluding carboxylic acids is 1. The Hall–Kier alpha value is -3.68. The van der Waals surface area contributed by atoms with E-state index in [2.05, 4.69) is 39.7 Å². The number of carboxylic acids is 1. The fourth-order valence-corrected chi connectivity index (χ4v) is 3.99. The Morgan fingerprint density at radius 3 is 2.29 bits per heavy atom. The Balaban J connectivity index is 1.53. The van der Waals surface area contributed by atoms with Gasteiger partial charge in [0.2, 0.25) is 0 Å². The zero-order valence-electron chi connectivity index (χ0n) is 17.4. The van der Waals surface area contributed by atoms with Crippen LogP contribution < -0.4 is 0 Å². The lowest BCUT2D eigenvalue weighted by Gasteiger charge is -2.28. The van der Waals surface area contributed by atoms with E-state index < -0.39 is 12.1 Å². The van der Waals surface area contributed by atoms with Gasteiger partial charge in [0, 0.05) is 12.0 Å². The van der Waals surface area contributed by atoms with Gasteiger partial charge >= 0.3 is 12.1 Å². The van der Waals surface area contributed by atoms with E-state index in [9.17, 15) is 14.7 Å². The zero-order valence-corrected chi connectivity index (χ0v) is 17.4. The van der Waals surface area contributed by atoms with Crippen molar-refractivity contribution < 1.29 is 19.4 Å². The van der Waals surface area contributed by atoms with E-state index in [1.807, 2.05) is 38.1 Å². The van der Waals surface area contributed by atoms with Crippen molar-refractivity contribution in [3.63, 3.8) is 0 Å². The number of carboxylic acid groups (broad SMARTS) is 1. The number of fused-ring (bicyclic) bond motifs is 3. The van der Waals surface area contributed by atoms with Crippen LogP contribution in [0.15, 0.2) is 48.5 Å². The molecule has 0 aliphatic heterocycles. The maximum atomic E-state index is 13.0. The molecule has 31 heavy (non-hydrogen) atoms. The molecular weight excluding hydrogens is 396 g/mol. The second-order valence-electron chi connectivity index (χ2n) is 7.61. The van der Waals surface area contributed by atoms with Crippen LogP contribution in [0, 0.1) is 0 Å². The second-order valence-corrected chi connectivity index (χ2v) is 7.61. The molecule has 0 spiro atoms. The SMILES string of the molecule is CCC(C)N(Cc1n[nH]nc1C(=O)O)C(=O)OCC1c2ccccc2-c2ccccc21. The monoisotopic (exact) mass is 420 g/mol. The number of aromatic nitrogens is 3. The number of hydrogen-bond donors (Lipinski definition) is 2. The van der Waals surface area contributed by atoms with Crippen LogP contribution in [0.3, 0.4) is 0 Å². The summed E-state index contributed by atoms with van der Waals surface area (Å²) in [4.78, 5) is 25.9. The van der Waals surface area contributed by atoms with Crippen molar-refractivity contribution >= 4 is 12.1 Å².